The molecule has 5 nitrogen and oxygen atoms in total. The maximum absolute atomic E-state index is 12.1. The number of esters is 1. The predicted octanol–water partition coefficient (Wildman–Crippen LogP) is 4.40. The van der Waals surface area contributed by atoms with Gasteiger partial charge in [-0.1, -0.05) is 29.8 Å². The number of hydrogen-bond donors (Lipinski definition) is 1. The zero-order valence-electron chi connectivity index (χ0n) is 15.2. The van der Waals surface area contributed by atoms with Gasteiger partial charge in [0.2, 0.25) is 0 Å². The molecule has 0 aromatic heterocycles. The second kappa shape index (κ2) is 9.07. The van der Waals surface area contributed by atoms with E-state index < -0.39 is 24.8 Å². The molecule has 0 radical (unpaired) electrons. The van der Waals surface area contributed by atoms with Crippen LogP contribution in [0.1, 0.15) is 16.7 Å². The van der Waals surface area contributed by atoms with Crippen LogP contribution in [0.3, 0.4) is 0 Å². The molecule has 0 fully saturated rings. The molecule has 0 unspecified atom stereocenters. The molecule has 0 aliphatic heterocycles. The van der Waals surface area contributed by atoms with E-state index in [1.165, 1.54) is 18.2 Å². The van der Waals surface area contributed by atoms with Gasteiger partial charge in [-0.15, -0.1) is 13.2 Å². The van der Waals surface area contributed by atoms with Gasteiger partial charge in [0.15, 0.2) is 6.61 Å². The second-order valence-corrected chi connectivity index (χ2v) is 5.92. The van der Waals surface area contributed by atoms with Crippen LogP contribution in [0, 0.1) is 13.8 Å². The molecule has 1 N–H and O–H groups in total. The molecule has 0 atom stereocenters. The first-order valence-corrected chi connectivity index (χ1v) is 8.20. The van der Waals surface area contributed by atoms with Crippen molar-refractivity contribution in [2.75, 3.05) is 11.9 Å². The Bertz CT molecular complexity index is 874. The molecule has 0 saturated heterocycles. The third-order valence-corrected chi connectivity index (χ3v) is 3.53. The van der Waals surface area contributed by atoms with Gasteiger partial charge < -0.3 is 14.8 Å². The minimum Gasteiger partial charge on any atom is -0.452 e. The van der Waals surface area contributed by atoms with Gasteiger partial charge in [0, 0.05) is 11.8 Å². The van der Waals surface area contributed by atoms with Crippen LogP contribution in [0.4, 0.5) is 18.9 Å². The first-order valence-electron chi connectivity index (χ1n) is 8.20. The molecule has 0 spiro atoms. The van der Waals surface area contributed by atoms with Crippen molar-refractivity contribution in [3.05, 3.63) is 65.2 Å². The number of anilines is 1. The summed E-state index contributed by atoms with van der Waals surface area (Å²) in [5, 5.41) is 2.65. The largest absolute Gasteiger partial charge is 0.573 e. The van der Waals surface area contributed by atoms with Gasteiger partial charge in [-0.05, 0) is 49.2 Å². The van der Waals surface area contributed by atoms with Crippen LogP contribution >= 0.6 is 0 Å². The van der Waals surface area contributed by atoms with Crippen LogP contribution in [0.5, 0.6) is 5.75 Å². The Morgan fingerprint density at radius 3 is 2.36 bits per heavy atom. The molecule has 2 aromatic rings. The summed E-state index contributed by atoms with van der Waals surface area (Å²) in [6.07, 6.45) is -2.34. The highest BCUT2D eigenvalue weighted by Crippen LogP contribution is 2.23. The van der Waals surface area contributed by atoms with Gasteiger partial charge in [-0.2, -0.15) is 0 Å². The van der Waals surface area contributed by atoms with E-state index in [9.17, 15) is 22.8 Å². The van der Waals surface area contributed by atoms with Crippen molar-refractivity contribution in [2.24, 2.45) is 0 Å². The van der Waals surface area contributed by atoms with Crippen molar-refractivity contribution in [3.8, 4) is 5.75 Å². The highest BCUT2D eigenvalue weighted by atomic mass is 19.4. The number of carbonyl (C=O) groups is 2. The fraction of sp³-hybridized carbons (Fsp3) is 0.200. The van der Waals surface area contributed by atoms with Gasteiger partial charge >= 0.3 is 12.3 Å². The van der Waals surface area contributed by atoms with Crippen molar-refractivity contribution in [1.82, 2.24) is 0 Å². The molecular formula is C20H18F3NO4. The van der Waals surface area contributed by atoms with Crippen LogP contribution in [-0.2, 0) is 14.3 Å². The van der Waals surface area contributed by atoms with Crippen LogP contribution in [0.2, 0.25) is 0 Å². The quantitative estimate of drug-likeness (QED) is 0.584. The summed E-state index contributed by atoms with van der Waals surface area (Å²) in [6.45, 7) is 3.32. The molecule has 1 amide bonds. The van der Waals surface area contributed by atoms with Crippen molar-refractivity contribution in [2.45, 2.75) is 20.2 Å². The summed E-state index contributed by atoms with van der Waals surface area (Å²) < 4.78 is 44.9. The Morgan fingerprint density at radius 2 is 1.75 bits per heavy atom. The zero-order chi connectivity index (χ0) is 20.7. The molecule has 2 rings (SSSR count). The van der Waals surface area contributed by atoms with E-state index in [4.69, 9.17) is 4.74 Å². The predicted molar refractivity (Wildman–Crippen MR) is 97.7 cm³/mol. The number of rotatable bonds is 6. The molecule has 2 aromatic carbocycles. The minimum absolute atomic E-state index is 0.365. The summed E-state index contributed by atoms with van der Waals surface area (Å²) in [6, 6.07) is 10.5. The molecule has 148 valence electrons. The smallest absolute Gasteiger partial charge is 0.452 e. The van der Waals surface area contributed by atoms with Crippen LogP contribution in [0.25, 0.3) is 6.08 Å². The van der Waals surface area contributed by atoms with Gasteiger partial charge in [0.1, 0.15) is 5.75 Å². The number of halogens is 3. The third kappa shape index (κ3) is 7.14. The Hall–Kier alpha value is -3.29. The first-order chi connectivity index (χ1) is 13.1. The lowest BCUT2D eigenvalue weighted by Gasteiger charge is -2.09. The summed E-state index contributed by atoms with van der Waals surface area (Å²) in [5.41, 5.74) is 3.04. The number of aryl methyl sites for hydroxylation is 2. The summed E-state index contributed by atoms with van der Waals surface area (Å²) in [4.78, 5) is 23.5. The number of hydrogen-bond acceptors (Lipinski definition) is 4. The Kier molecular flexibility index (Phi) is 6.81. The zero-order valence-corrected chi connectivity index (χ0v) is 15.2. The Morgan fingerprint density at radius 1 is 1.07 bits per heavy atom. The molecule has 28 heavy (non-hydrogen) atoms. The Balaban J connectivity index is 1.82. The van der Waals surface area contributed by atoms with E-state index in [-0.39, 0.29) is 5.75 Å². The normalized spacial score (nSPS) is 11.3. The lowest BCUT2D eigenvalue weighted by molar-refractivity contribution is -0.274. The number of benzene rings is 2. The van der Waals surface area contributed by atoms with E-state index in [1.807, 2.05) is 26.0 Å². The Labute approximate surface area is 159 Å². The van der Waals surface area contributed by atoms with Crippen molar-refractivity contribution in [3.63, 3.8) is 0 Å². The number of alkyl halides is 3. The summed E-state index contributed by atoms with van der Waals surface area (Å²) >= 11 is 0. The molecule has 0 aliphatic carbocycles. The van der Waals surface area contributed by atoms with E-state index >= 15 is 0 Å². The second-order valence-electron chi connectivity index (χ2n) is 5.92. The maximum atomic E-state index is 12.1. The van der Waals surface area contributed by atoms with E-state index in [0.717, 1.165) is 29.3 Å². The van der Waals surface area contributed by atoms with Gasteiger partial charge in [0.25, 0.3) is 5.91 Å². The van der Waals surface area contributed by atoms with Crippen LogP contribution in [0.15, 0.2) is 48.5 Å². The third-order valence-electron chi connectivity index (χ3n) is 3.53. The fourth-order valence-electron chi connectivity index (χ4n) is 2.27. The summed E-state index contributed by atoms with van der Waals surface area (Å²) in [5.74, 6) is -1.61. The van der Waals surface area contributed by atoms with Crippen LogP contribution in [-0.4, -0.2) is 24.8 Å². The topological polar surface area (TPSA) is 64.6 Å². The van der Waals surface area contributed by atoms with E-state index in [1.54, 1.807) is 6.07 Å². The minimum atomic E-state index is -4.77. The van der Waals surface area contributed by atoms with Crippen molar-refractivity contribution < 1.29 is 32.2 Å². The highest BCUT2D eigenvalue weighted by molar-refractivity contribution is 5.95. The average molecular weight is 393 g/mol. The fourth-order valence-corrected chi connectivity index (χ4v) is 2.27. The maximum Gasteiger partial charge on any atom is 0.573 e. The number of nitrogens with one attached hydrogen (secondary N) is 1. The standard InChI is InChI=1S/C20H18F3NO4/c1-13-3-9-17(14(2)11-13)24-18(25)12-27-19(26)10-6-15-4-7-16(8-5-15)28-20(21,22)23/h3-11H,12H2,1-2H3,(H,24,25)/b10-6+. The van der Waals surface area contributed by atoms with E-state index in [2.05, 4.69) is 10.1 Å². The van der Waals surface area contributed by atoms with Crippen LogP contribution < -0.4 is 10.1 Å². The molecule has 8 heteroatoms. The number of amides is 1. The monoisotopic (exact) mass is 393 g/mol. The lowest BCUT2D eigenvalue weighted by Crippen LogP contribution is -2.20. The SMILES string of the molecule is Cc1ccc(NC(=O)COC(=O)/C=C/c2ccc(OC(F)(F)F)cc2)c(C)c1. The first kappa shape index (κ1) is 21.0. The van der Waals surface area contributed by atoms with Crippen molar-refractivity contribution in [1.29, 1.82) is 0 Å². The van der Waals surface area contributed by atoms with E-state index in [0.29, 0.717) is 11.3 Å². The van der Waals surface area contributed by atoms with Gasteiger partial charge in [-0.3, -0.25) is 4.79 Å². The lowest BCUT2D eigenvalue weighted by atomic mass is 10.1. The average Bonchev–Trinajstić information content (AvgIpc) is 2.60. The molecular weight excluding hydrogens is 375 g/mol. The molecule has 0 saturated carbocycles. The number of ether oxygens (including phenoxy) is 2. The molecule has 0 bridgehead atoms. The summed E-state index contributed by atoms with van der Waals surface area (Å²) in [7, 11) is 0. The number of carbonyl (C=O) groups excluding carboxylic acids is 2. The highest BCUT2D eigenvalue weighted by Gasteiger charge is 2.30. The van der Waals surface area contributed by atoms with Gasteiger partial charge in [0.05, 0.1) is 0 Å². The van der Waals surface area contributed by atoms with Gasteiger partial charge in [-0.25, -0.2) is 4.79 Å². The van der Waals surface area contributed by atoms with Crippen molar-refractivity contribution >= 4 is 23.6 Å². The molecule has 0 heterocycles. The molecule has 0 aliphatic rings.